The van der Waals surface area contributed by atoms with Crippen molar-refractivity contribution in [3.05, 3.63) is 60.8 Å². The Morgan fingerprint density at radius 3 is 0.933 bits per heavy atom. The van der Waals surface area contributed by atoms with E-state index < -0.39 is 26.5 Å². The van der Waals surface area contributed by atoms with E-state index in [9.17, 15) is 19.0 Å². The molecule has 0 heterocycles. The number of ether oxygens (including phenoxy) is 2. The van der Waals surface area contributed by atoms with Gasteiger partial charge in [0.2, 0.25) is 0 Å². The van der Waals surface area contributed by atoms with Gasteiger partial charge in [0.25, 0.3) is 0 Å². The third-order valence-electron chi connectivity index (χ3n) is 17.4. The molecule has 2 atom stereocenters. The Balaban J connectivity index is 3.74. The minimum absolute atomic E-state index is 0.0541. The van der Waals surface area contributed by atoms with Crippen molar-refractivity contribution in [3.63, 3.8) is 0 Å². The second kappa shape index (κ2) is 74.7. The number of rotatable bonds is 74. The van der Waals surface area contributed by atoms with Crippen LogP contribution >= 0.6 is 7.82 Å². The molecule has 0 bridgehead atoms. The lowest BCUT2D eigenvalue weighted by Crippen LogP contribution is -2.29. The zero-order chi connectivity index (χ0) is 64.4. The van der Waals surface area contributed by atoms with Crippen molar-refractivity contribution >= 4 is 19.8 Å². The van der Waals surface area contributed by atoms with Gasteiger partial charge in [-0.25, -0.2) is 4.57 Å². The number of hydrogen-bond acceptors (Lipinski definition) is 8. The minimum Gasteiger partial charge on any atom is -0.462 e. The van der Waals surface area contributed by atoms with E-state index in [1.807, 2.05) is 0 Å². The molecule has 0 saturated carbocycles. The highest BCUT2D eigenvalue weighted by atomic mass is 31.2. The predicted octanol–water partition coefficient (Wildman–Crippen LogP) is 25.8. The SMILES string of the molecule is CC/C=C\C/C=C\C/C=C\C/C=C\CCCCCCCCCCCCCCCCC(=O)OC(COC(=O)CCCCCCCCCCCCCCCCCCCCCCCCCCCCCCC/C=C\CCCCCCCCCC)COP(=O)(O)OCCN. The molecule has 0 fully saturated rings. The van der Waals surface area contributed by atoms with E-state index in [-0.39, 0.29) is 38.6 Å². The molecule has 9 nitrogen and oxygen atoms in total. The fraction of sp³-hybridized carbons (Fsp3) is 0.848. The second-order valence-corrected chi connectivity index (χ2v) is 27.7. The lowest BCUT2D eigenvalue weighted by molar-refractivity contribution is -0.161. The number of allylic oxidation sites excluding steroid dienone is 10. The molecule has 0 aliphatic rings. The first-order chi connectivity index (χ1) is 43.8. The summed E-state index contributed by atoms with van der Waals surface area (Å²) in [6.45, 7) is 3.70. The Hall–Kier alpha value is -2.29. The quantitative estimate of drug-likeness (QED) is 0.0264. The van der Waals surface area contributed by atoms with Crippen LogP contribution in [0.3, 0.4) is 0 Å². The van der Waals surface area contributed by atoms with E-state index in [2.05, 4.69) is 74.6 Å². The van der Waals surface area contributed by atoms with E-state index in [0.29, 0.717) is 6.42 Å². The molecule has 0 aromatic carbocycles. The topological polar surface area (TPSA) is 134 Å². The van der Waals surface area contributed by atoms with Crippen molar-refractivity contribution in [1.82, 2.24) is 0 Å². The van der Waals surface area contributed by atoms with Crippen molar-refractivity contribution in [2.45, 2.75) is 405 Å². The molecule has 89 heavy (non-hydrogen) atoms. The summed E-state index contributed by atoms with van der Waals surface area (Å²) in [5, 5.41) is 0. The van der Waals surface area contributed by atoms with Gasteiger partial charge in [-0.1, -0.05) is 370 Å². The molecule has 0 aromatic rings. The predicted molar refractivity (Wildman–Crippen MR) is 386 cm³/mol. The van der Waals surface area contributed by atoms with Gasteiger partial charge in [-0.2, -0.15) is 0 Å². The van der Waals surface area contributed by atoms with Gasteiger partial charge in [0, 0.05) is 19.4 Å². The standard InChI is InChI=1S/C79H148NO8P/c1-3-5-7-9-11-13-15-17-19-21-23-25-27-29-31-32-33-34-35-36-37-38-39-40-41-42-43-44-46-47-49-51-53-55-57-59-61-63-65-67-69-71-78(81)85-75-77(76-87-89(83,84)86-74-73-80)88-79(82)72-70-68-66-64-62-60-58-56-54-52-50-48-45-30-28-26-24-22-20-18-16-14-12-10-8-6-4-2/h6,8,12,14,18,20-21,23-24,26,77H,3-5,7,9-11,13,15-17,19,22,25,27-76,80H2,1-2H3,(H,83,84)/b8-6-,14-12-,20-18-,23-21-,26-24-. The highest BCUT2D eigenvalue weighted by Gasteiger charge is 2.26. The minimum atomic E-state index is -4.39. The fourth-order valence-electron chi connectivity index (χ4n) is 11.7. The van der Waals surface area contributed by atoms with Gasteiger partial charge in [0.05, 0.1) is 13.2 Å². The van der Waals surface area contributed by atoms with E-state index >= 15 is 0 Å². The zero-order valence-electron chi connectivity index (χ0n) is 58.9. The Labute approximate surface area is 552 Å². The van der Waals surface area contributed by atoms with E-state index in [1.165, 1.54) is 302 Å². The van der Waals surface area contributed by atoms with Gasteiger partial charge in [-0.3, -0.25) is 18.6 Å². The first-order valence-corrected chi connectivity index (χ1v) is 40.3. The van der Waals surface area contributed by atoms with Crippen LogP contribution in [0.2, 0.25) is 0 Å². The molecular weight excluding hydrogens is 1120 g/mol. The largest absolute Gasteiger partial charge is 0.472 e. The average Bonchev–Trinajstić information content (AvgIpc) is 3.64. The molecule has 0 rings (SSSR count). The van der Waals surface area contributed by atoms with Crippen LogP contribution in [0.4, 0.5) is 0 Å². The van der Waals surface area contributed by atoms with Gasteiger partial charge >= 0.3 is 19.8 Å². The fourth-order valence-corrected chi connectivity index (χ4v) is 12.5. The smallest absolute Gasteiger partial charge is 0.462 e. The van der Waals surface area contributed by atoms with Crippen molar-refractivity contribution in [2.24, 2.45) is 5.73 Å². The Kier molecular flexibility index (Phi) is 72.8. The molecule has 0 aliphatic heterocycles. The number of esters is 2. The van der Waals surface area contributed by atoms with Crippen LogP contribution in [-0.4, -0.2) is 49.3 Å². The van der Waals surface area contributed by atoms with Crippen LogP contribution < -0.4 is 5.73 Å². The van der Waals surface area contributed by atoms with Crippen LogP contribution in [0.15, 0.2) is 60.8 Å². The monoisotopic (exact) mass is 1270 g/mol. The van der Waals surface area contributed by atoms with E-state index in [4.69, 9.17) is 24.3 Å². The molecule has 0 aromatic heterocycles. The lowest BCUT2D eigenvalue weighted by atomic mass is 10.0. The molecule has 0 radical (unpaired) electrons. The first-order valence-electron chi connectivity index (χ1n) is 38.8. The number of phosphoric ester groups is 1. The summed E-state index contributed by atoms with van der Waals surface area (Å²) in [5.41, 5.74) is 5.41. The van der Waals surface area contributed by atoms with Crippen molar-refractivity contribution in [2.75, 3.05) is 26.4 Å². The van der Waals surface area contributed by atoms with Gasteiger partial charge in [-0.05, 0) is 77.0 Å². The molecular formula is C79H148NO8P. The zero-order valence-corrected chi connectivity index (χ0v) is 59.8. The summed E-state index contributed by atoms with van der Waals surface area (Å²) < 4.78 is 33.2. The highest BCUT2D eigenvalue weighted by molar-refractivity contribution is 7.47. The summed E-state index contributed by atoms with van der Waals surface area (Å²) >= 11 is 0. The molecule has 3 N–H and O–H groups in total. The number of carbonyl (C=O) groups excluding carboxylic acids is 2. The van der Waals surface area contributed by atoms with Crippen molar-refractivity contribution in [1.29, 1.82) is 0 Å². The lowest BCUT2D eigenvalue weighted by Gasteiger charge is -2.19. The third-order valence-corrected chi connectivity index (χ3v) is 18.4. The molecule has 10 heteroatoms. The Morgan fingerprint density at radius 1 is 0.348 bits per heavy atom. The average molecular weight is 1270 g/mol. The highest BCUT2D eigenvalue weighted by Crippen LogP contribution is 2.43. The van der Waals surface area contributed by atoms with Gasteiger partial charge in [-0.15, -0.1) is 0 Å². The number of carbonyl (C=O) groups is 2. The molecule has 0 amide bonds. The summed E-state index contributed by atoms with van der Waals surface area (Å²) in [7, 11) is -4.39. The maximum atomic E-state index is 12.8. The maximum Gasteiger partial charge on any atom is 0.472 e. The number of phosphoric acid groups is 1. The summed E-state index contributed by atoms with van der Waals surface area (Å²) in [6, 6.07) is 0. The molecule has 0 spiro atoms. The normalized spacial score (nSPS) is 13.2. The van der Waals surface area contributed by atoms with Crippen molar-refractivity contribution < 1.29 is 37.6 Å². The number of nitrogens with two attached hydrogens (primary N) is 1. The van der Waals surface area contributed by atoms with Crippen LogP contribution in [-0.2, 0) is 32.7 Å². The molecule has 0 aliphatic carbocycles. The van der Waals surface area contributed by atoms with Crippen molar-refractivity contribution in [3.8, 4) is 0 Å². The number of hydrogen-bond donors (Lipinski definition) is 2. The van der Waals surface area contributed by atoms with Crippen LogP contribution in [0.25, 0.3) is 0 Å². The van der Waals surface area contributed by atoms with E-state index in [0.717, 1.165) is 64.2 Å². The Morgan fingerprint density at radius 2 is 0.618 bits per heavy atom. The summed E-state index contributed by atoms with van der Waals surface area (Å²) in [6.07, 6.45) is 97.9. The van der Waals surface area contributed by atoms with Crippen LogP contribution in [0.1, 0.15) is 399 Å². The molecule has 2 unspecified atom stereocenters. The summed E-state index contributed by atoms with van der Waals surface area (Å²) in [4.78, 5) is 35.4. The second-order valence-electron chi connectivity index (χ2n) is 26.2. The maximum absolute atomic E-state index is 12.8. The Bertz CT molecular complexity index is 1640. The van der Waals surface area contributed by atoms with Crippen LogP contribution in [0.5, 0.6) is 0 Å². The third kappa shape index (κ3) is 74.6. The van der Waals surface area contributed by atoms with Crippen LogP contribution in [0, 0.1) is 0 Å². The van der Waals surface area contributed by atoms with Gasteiger partial charge < -0.3 is 20.1 Å². The summed E-state index contributed by atoms with van der Waals surface area (Å²) in [5.74, 6) is -0.809. The molecule has 522 valence electrons. The van der Waals surface area contributed by atoms with Gasteiger partial charge in [0.1, 0.15) is 6.61 Å². The van der Waals surface area contributed by atoms with E-state index in [1.54, 1.807) is 0 Å². The van der Waals surface area contributed by atoms with Gasteiger partial charge in [0.15, 0.2) is 6.10 Å². The first kappa shape index (κ1) is 86.7. The molecule has 0 saturated heterocycles. The number of unbranched alkanes of at least 4 members (excludes halogenated alkanes) is 51.